The molecular weight excluding hydrogens is 294 g/mol. The second-order valence-electron chi connectivity index (χ2n) is 7.47. The Morgan fingerprint density at radius 1 is 1.39 bits per heavy atom. The third kappa shape index (κ3) is 1.18. The van der Waals surface area contributed by atoms with Crippen LogP contribution in [0.15, 0.2) is 12.1 Å². The summed E-state index contributed by atoms with van der Waals surface area (Å²) in [5.74, 6) is 0.750. The van der Waals surface area contributed by atoms with E-state index in [2.05, 4.69) is 5.32 Å². The smallest absolute Gasteiger partial charge is 0.177 e. The van der Waals surface area contributed by atoms with Crippen molar-refractivity contribution in [2.75, 3.05) is 13.7 Å². The highest BCUT2D eigenvalue weighted by atomic mass is 16.5. The first-order valence-electron chi connectivity index (χ1n) is 8.36. The predicted molar refractivity (Wildman–Crippen MR) is 82.9 cm³/mol. The van der Waals surface area contributed by atoms with Crippen LogP contribution in [0.5, 0.6) is 11.5 Å². The number of ether oxygens (including phenoxy) is 2. The molecule has 5 rings (SSSR count). The van der Waals surface area contributed by atoms with Crippen LogP contribution in [0.4, 0.5) is 0 Å². The van der Waals surface area contributed by atoms with Crippen LogP contribution in [0.1, 0.15) is 37.3 Å². The van der Waals surface area contributed by atoms with E-state index >= 15 is 0 Å². The van der Waals surface area contributed by atoms with Crippen molar-refractivity contribution in [2.24, 2.45) is 0 Å². The molecule has 4 atom stereocenters. The fourth-order valence-corrected chi connectivity index (χ4v) is 6.07. The van der Waals surface area contributed by atoms with Gasteiger partial charge in [0.25, 0.3) is 0 Å². The average molecular weight is 315 g/mol. The molecule has 5 nitrogen and oxygen atoms in total. The number of piperidine rings is 1. The van der Waals surface area contributed by atoms with Crippen molar-refractivity contribution in [3.63, 3.8) is 0 Å². The summed E-state index contributed by atoms with van der Waals surface area (Å²) in [6.07, 6.45) is 2.77. The first kappa shape index (κ1) is 13.8. The lowest BCUT2D eigenvalue weighted by atomic mass is 9.45. The third-order valence-corrected chi connectivity index (χ3v) is 6.99. The van der Waals surface area contributed by atoms with E-state index in [1.54, 1.807) is 13.2 Å². The Hall–Kier alpha value is -1.59. The molecule has 0 aromatic heterocycles. The highest BCUT2D eigenvalue weighted by molar-refractivity contribution is 5.94. The maximum absolute atomic E-state index is 12.9. The molecule has 122 valence electrons. The summed E-state index contributed by atoms with van der Waals surface area (Å²) in [5, 5.41) is 14.0. The van der Waals surface area contributed by atoms with Gasteiger partial charge in [-0.1, -0.05) is 6.07 Å². The molecular formula is C18H21NO4. The number of hydrogen-bond acceptors (Lipinski definition) is 5. The number of hydrogen-bond donors (Lipinski definition) is 2. The number of benzene rings is 1. The average Bonchev–Trinajstić information content (AvgIpc) is 2.81. The third-order valence-electron chi connectivity index (χ3n) is 6.99. The number of carbonyl (C=O) groups is 1. The normalized spacial score (nSPS) is 43.0. The largest absolute Gasteiger partial charge is 0.504 e. The lowest BCUT2D eigenvalue weighted by Crippen LogP contribution is -2.80. The van der Waals surface area contributed by atoms with E-state index in [9.17, 15) is 9.90 Å². The molecule has 1 saturated heterocycles. The number of carbonyl (C=O) groups excluding carboxylic acids is 1. The van der Waals surface area contributed by atoms with Gasteiger partial charge in [0.1, 0.15) is 0 Å². The number of methoxy groups -OCH3 is 1. The van der Waals surface area contributed by atoms with Crippen LogP contribution in [0.25, 0.3) is 0 Å². The minimum atomic E-state index is -0.960. The van der Waals surface area contributed by atoms with Gasteiger partial charge in [-0.3, -0.25) is 4.79 Å². The van der Waals surface area contributed by atoms with Gasteiger partial charge in [-0.25, -0.2) is 0 Å². The lowest BCUT2D eigenvalue weighted by Gasteiger charge is -2.64. The fraction of sp³-hybridized carbons (Fsp3) is 0.611. The maximum Gasteiger partial charge on any atom is 0.177 e. The van der Waals surface area contributed by atoms with Crippen LogP contribution in [-0.4, -0.2) is 41.8 Å². The van der Waals surface area contributed by atoms with E-state index in [4.69, 9.17) is 9.47 Å². The van der Waals surface area contributed by atoms with E-state index in [-0.39, 0.29) is 17.6 Å². The van der Waals surface area contributed by atoms with Crippen molar-refractivity contribution in [3.8, 4) is 11.5 Å². The van der Waals surface area contributed by atoms with E-state index in [1.807, 2.05) is 13.0 Å². The topological polar surface area (TPSA) is 67.8 Å². The van der Waals surface area contributed by atoms with Crippen LogP contribution < -0.4 is 10.1 Å². The van der Waals surface area contributed by atoms with Gasteiger partial charge in [-0.2, -0.15) is 0 Å². The Morgan fingerprint density at radius 2 is 2.22 bits per heavy atom. The molecule has 4 aliphatic rings. The van der Waals surface area contributed by atoms with E-state index in [1.165, 1.54) is 5.56 Å². The Morgan fingerprint density at radius 3 is 3.00 bits per heavy atom. The summed E-state index contributed by atoms with van der Waals surface area (Å²) in [5.41, 5.74) is 0.258. The number of ketones is 1. The summed E-state index contributed by atoms with van der Waals surface area (Å²) >= 11 is 0. The maximum atomic E-state index is 12.9. The van der Waals surface area contributed by atoms with Crippen molar-refractivity contribution < 1.29 is 19.4 Å². The molecule has 23 heavy (non-hydrogen) atoms. The lowest BCUT2D eigenvalue weighted by molar-refractivity contribution is -0.199. The molecule has 2 N–H and O–H groups in total. The second-order valence-corrected chi connectivity index (χ2v) is 7.47. The molecule has 1 unspecified atom stereocenters. The summed E-state index contributed by atoms with van der Waals surface area (Å²) < 4.78 is 12.4. The van der Waals surface area contributed by atoms with Crippen molar-refractivity contribution >= 4 is 5.78 Å². The molecule has 2 aliphatic heterocycles. The predicted octanol–water partition coefficient (Wildman–Crippen LogP) is 1.45. The van der Waals surface area contributed by atoms with Crippen LogP contribution in [0.3, 0.4) is 0 Å². The number of nitrogens with one attached hydrogen (secondary N) is 1. The van der Waals surface area contributed by atoms with Crippen molar-refractivity contribution in [1.29, 1.82) is 0 Å². The van der Waals surface area contributed by atoms with Crippen LogP contribution in [0.2, 0.25) is 0 Å². The highest BCUT2D eigenvalue weighted by Gasteiger charge is 2.77. The molecule has 0 amide bonds. The Labute approximate surface area is 135 Å². The highest BCUT2D eigenvalue weighted by Crippen LogP contribution is 2.68. The molecule has 2 heterocycles. The summed E-state index contributed by atoms with van der Waals surface area (Å²) in [6, 6.07) is 3.83. The molecule has 1 saturated carbocycles. The minimum Gasteiger partial charge on any atom is -0.504 e. The number of Topliss-reactive ketones (excluding diaryl/α,β-unsaturated/α-hetero) is 1. The standard InChI is InChI=1S/C18H21NO4/c1-16-13(21)5-6-18(22-2)12-9-10-3-4-11(20)15(23-16)14(10)17(16,18)7-8-19-12/h3-4,12,19-20H,5-9H2,1-2H3/t12-,16?,17+,18-/m1/s1. The Balaban J connectivity index is 1.93. The molecule has 5 heteroatoms. The van der Waals surface area contributed by atoms with Crippen LogP contribution in [0, 0.1) is 0 Å². The van der Waals surface area contributed by atoms with E-state index in [0.29, 0.717) is 18.6 Å². The Kier molecular flexibility index (Phi) is 2.34. The van der Waals surface area contributed by atoms with Crippen LogP contribution >= 0.6 is 0 Å². The summed E-state index contributed by atoms with van der Waals surface area (Å²) in [6.45, 7) is 2.73. The van der Waals surface area contributed by atoms with Crippen LogP contribution in [-0.2, 0) is 21.4 Å². The monoisotopic (exact) mass is 315 g/mol. The van der Waals surface area contributed by atoms with Gasteiger partial charge in [0.15, 0.2) is 22.9 Å². The van der Waals surface area contributed by atoms with Crippen molar-refractivity contribution in [2.45, 2.75) is 55.3 Å². The van der Waals surface area contributed by atoms with Gasteiger partial charge in [0.05, 0.1) is 11.0 Å². The molecule has 1 aromatic carbocycles. The van der Waals surface area contributed by atoms with Gasteiger partial charge in [-0.05, 0) is 44.4 Å². The second kappa shape index (κ2) is 3.90. The first-order valence-corrected chi connectivity index (χ1v) is 8.36. The number of aromatic hydroxyl groups is 1. The Bertz CT molecular complexity index is 747. The number of phenols is 1. The number of phenolic OH excluding ortho intramolecular Hbond substituents is 1. The van der Waals surface area contributed by atoms with Crippen molar-refractivity contribution in [3.05, 3.63) is 23.3 Å². The van der Waals surface area contributed by atoms with Crippen molar-refractivity contribution in [1.82, 2.24) is 5.32 Å². The summed E-state index contributed by atoms with van der Waals surface area (Å²) in [7, 11) is 1.75. The first-order chi connectivity index (χ1) is 11.0. The zero-order chi connectivity index (χ0) is 16.0. The molecule has 1 aromatic rings. The fourth-order valence-electron chi connectivity index (χ4n) is 6.07. The quantitative estimate of drug-likeness (QED) is 0.821. The molecule has 2 bridgehead atoms. The SMILES string of the molecule is CO[C@@]12CCC(=O)C3(C)Oc4c(O)ccc5c4[C@@]31CCN[C@@H]2C5. The van der Waals surface area contributed by atoms with E-state index in [0.717, 1.165) is 24.9 Å². The van der Waals surface area contributed by atoms with Gasteiger partial charge >= 0.3 is 0 Å². The summed E-state index contributed by atoms with van der Waals surface area (Å²) in [4.78, 5) is 12.9. The van der Waals surface area contributed by atoms with Gasteiger partial charge < -0.3 is 19.9 Å². The molecule has 2 aliphatic carbocycles. The van der Waals surface area contributed by atoms with Gasteiger partial charge in [-0.15, -0.1) is 0 Å². The zero-order valence-electron chi connectivity index (χ0n) is 13.4. The molecule has 0 radical (unpaired) electrons. The number of rotatable bonds is 1. The molecule has 2 fully saturated rings. The van der Waals surface area contributed by atoms with Gasteiger partial charge in [0, 0.05) is 25.1 Å². The van der Waals surface area contributed by atoms with Gasteiger partial charge in [0.2, 0.25) is 0 Å². The van der Waals surface area contributed by atoms with E-state index < -0.39 is 16.6 Å². The molecule has 1 spiro atoms. The minimum absolute atomic E-state index is 0.120. The zero-order valence-corrected chi connectivity index (χ0v) is 13.4.